The minimum atomic E-state index is -0.908. The van der Waals surface area contributed by atoms with Crippen LogP contribution in [0.3, 0.4) is 0 Å². The number of rotatable bonds is 8. The maximum atomic E-state index is 13.1. The largest absolute Gasteiger partial charge is 0.493 e. The molecule has 0 amide bonds. The zero-order chi connectivity index (χ0) is 15.2. The van der Waals surface area contributed by atoms with Gasteiger partial charge in [0.15, 0.2) is 0 Å². The van der Waals surface area contributed by atoms with E-state index in [4.69, 9.17) is 9.84 Å². The van der Waals surface area contributed by atoms with Crippen LogP contribution in [0.2, 0.25) is 0 Å². The van der Waals surface area contributed by atoms with Crippen LogP contribution in [0.25, 0.3) is 0 Å². The van der Waals surface area contributed by atoms with Crippen molar-refractivity contribution in [2.75, 3.05) is 13.7 Å². The zero-order valence-corrected chi connectivity index (χ0v) is 12.2. The summed E-state index contributed by atoms with van der Waals surface area (Å²) >= 11 is 0. The number of aryl methyl sites for hydroxylation is 1. The highest BCUT2D eigenvalue weighted by atomic mass is 19.1. The first kappa shape index (κ1) is 16.4. The van der Waals surface area contributed by atoms with Crippen molar-refractivity contribution >= 4 is 5.97 Å². The fourth-order valence-corrected chi connectivity index (χ4v) is 1.83. The topological polar surface area (TPSA) is 58.6 Å². The first-order valence-corrected chi connectivity index (χ1v) is 6.70. The molecule has 0 aliphatic carbocycles. The molecule has 1 rings (SSSR count). The first-order valence-electron chi connectivity index (χ1n) is 6.70. The summed E-state index contributed by atoms with van der Waals surface area (Å²) in [6.45, 7) is 3.97. The monoisotopic (exact) mass is 283 g/mol. The van der Waals surface area contributed by atoms with Crippen molar-refractivity contribution in [1.29, 1.82) is 0 Å². The Morgan fingerprint density at radius 2 is 2.15 bits per heavy atom. The third-order valence-electron chi connectivity index (χ3n) is 3.50. The van der Waals surface area contributed by atoms with Crippen molar-refractivity contribution in [3.05, 3.63) is 29.6 Å². The van der Waals surface area contributed by atoms with E-state index in [2.05, 4.69) is 5.32 Å². The summed E-state index contributed by atoms with van der Waals surface area (Å²) in [5.41, 5.74) is -0.0219. The van der Waals surface area contributed by atoms with E-state index in [9.17, 15) is 9.18 Å². The van der Waals surface area contributed by atoms with Crippen LogP contribution >= 0.6 is 0 Å². The van der Waals surface area contributed by atoms with Gasteiger partial charge in [0.25, 0.3) is 0 Å². The van der Waals surface area contributed by atoms with Gasteiger partial charge in [-0.15, -0.1) is 0 Å². The van der Waals surface area contributed by atoms with Gasteiger partial charge in [-0.25, -0.2) is 4.39 Å². The van der Waals surface area contributed by atoms with Crippen LogP contribution < -0.4 is 10.1 Å². The molecule has 0 bridgehead atoms. The number of aliphatic carboxylic acids is 1. The average Bonchev–Trinajstić information content (AvgIpc) is 2.41. The van der Waals surface area contributed by atoms with E-state index in [0.29, 0.717) is 18.8 Å². The molecule has 1 atom stereocenters. The lowest BCUT2D eigenvalue weighted by molar-refractivity contribution is -0.144. The molecule has 0 fully saturated rings. The number of ether oxygens (including phenoxy) is 1. The predicted octanol–water partition coefficient (Wildman–Crippen LogP) is 2.75. The number of carboxylic acid groups (broad SMARTS) is 1. The maximum absolute atomic E-state index is 13.1. The second kappa shape index (κ2) is 7.24. The Balaban J connectivity index is 2.35. The van der Waals surface area contributed by atoms with Crippen LogP contribution in [-0.4, -0.2) is 30.3 Å². The molecular weight excluding hydrogens is 261 g/mol. The Labute approximate surface area is 119 Å². The average molecular weight is 283 g/mol. The molecule has 1 unspecified atom stereocenters. The summed E-state index contributed by atoms with van der Waals surface area (Å²) in [4.78, 5) is 11.1. The molecule has 0 radical (unpaired) electrons. The van der Waals surface area contributed by atoms with Crippen molar-refractivity contribution in [3.63, 3.8) is 0 Å². The number of likely N-dealkylation sites (N-methyl/N-ethyl adjacent to an activating group) is 1. The first-order chi connectivity index (χ1) is 9.39. The van der Waals surface area contributed by atoms with Crippen LogP contribution in [-0.2, 0) is 4.79 Å². The summed E-state index contributed by atoms with van der Waals surface area (Å²) in [6.07, 6.45) is 1.96. The molecule has 1 aromatic carbocycles. The molecule has 1 aromatic rings. The van der Waals surface area contributed by atoms with E-state index in [1.165, 1.54) is 12.1 Å². The van der Waals surface area contributed by atoms with Gasteiger partial charge < -0.3 is 15.2 Å². The highest BCUT2D eigenvalue weighted by Crippen LogP contribution is 2.19. The molecule has 5 heteroatoms. The third kappa shape index (κ3) is 4.49. The van der Waals surface area contributed by atoms with Gasteiger partial charge in [0, 0.05) is 6.07 Å². The normalized spacial score (nSPS) is 13.8. The van der Waals surface area contributed by atoms with E-state index in [1.54, 1.807) is 20.0 Å². The van der Waals surface area contributed by atoms with Gasteiger partial charge in [-0.2, -0.15) is 0 Å². The number of nitrogens with one attached hydrogen (secondary N) is 1. The minimum Gasteiger partial charge on any atom is -0.493 e. The quantitative estimate of drug-likeness (QED) is 0.720. The Hall–Kier alpha value is -1.62. The lowest BCUT2D eigenvalue weighted by atomic mass is 9.95. The number of hydrogen-bond acceptors (Lipinski definition) is 3. The number of benzene rings is 1. The number of halogens is 1. The van der Waals surface area contributed by atoms with Gasteiger partial charge in [-0.1, -0.05) is 6.07 Å². The number of carbonyl (C=O) groups is 1. The third-order valence-corrected chi connectivity index (χ3v) is 3.50. The molecule has 0 aromatic heterocycles. The molecular formula is C15H22FNO3. The van der Waals surface area contributed by atoms with Crippen LogP contribution in [0.1, 0.15) is 31.7 Å². The van der Waals surface area contributed by atoms with Crippen LogP contribution in [0.15, 0.2) is 18.2 Å². The van der Waals surface area contributed by atoms with Gasteiger partial charge in [-0.05, 0) is 51.8 Å². The SMILES string of the molecule is CNC(C)(CCCCOc1cc(F)ccc1C)C(=O)O. The van der Waals surface area contributed by atoms with E-state index in [0.717, 1.165) is 18.4 Å². The number of unbranched alkanes of at least 4 members (excludes halogenated alkanes) is 1. The van der Waals surface area contributed by atoms with Crippen molar-refractivity contribution in [2.24, 2.45) is 0 Å². The standard InChI is InChI=1S/C15H22FNO3/c1-11-6-7-12(16)10-13(11)20-9-5-4-8-15(2,17-3)14(18)19/h6-7,10,17H,4-5,8-9H2,1-3H3,(H,18,19). The second-order valence-corrected chi connectivity index (χ2v) is 5.10. The summed E-state index contributed by atoms with van der Waals surface area (Å²) in [6, 6.07) is 4.44. The van der Waals surface area contributed by atoms with Gasteiger partial charge in [0.2, 0.25) is 0 Å². The Bertz CT molecular complexity index is 464. The number of carboxylic acids is 1. The molecule has 4 nitrogen and oxygen atoms in total. The van der Waals surface area contributed by atoms with Crippen LogP contribution in [0, 0.1) is 12.7 Å². The van der Waals surface area contributed by atoms with Gasteiger partial charge in [-0.3, -0.25) is 4.79 Å². The number of hydrogen-bond donors (Lipinski definition) is 2. The smallest absolute Gasteiger partial charge is 0.323 e. The van der Waals surface area contributed by atoms with E-state index < -0.39 is 11.5 Å². The highest BCUT2D eigenvalue weighted by Gasteiger charge is 2.30. The predicted molar refractivity (Wildman–Crippen MR) is 75.6 cm³/mol. The molecule has 0 aliphatic heterocycles. The van der Waals surface area contributed by atoms with Crippen molar-refractivity contribution in [2.45, 2.75) is 38.6 Å². The molecule has 0 spiro atoms. The zero-order valence-electron chi connectivity index (χ0n) is 12.2. The molecule has 0 heterocycles. The fourth-order valence-electron chi connectivity index (χ4n) is 1.83. The van der Waals surface area contributed by atoms with Gasteiger partial charge in [0.05, 0.1) is 6.61 Å². The van der Waals surface area contributed by atoms with Crippen molar-refractivity contribution in [1.82, 2.24) is 5.32 Å². The van der Waals surface area contributed by atoms with E-state index in [1.807, 2.05) is 6.92 Å². The molecule has 20 heavy (non-hydrogen) atoms. The lowest BCUT2D eigenvalue weighted by Gasteiger charge is -2.23. The molecule has 2 N–H and O–H groups in total. The second-order valence-electron chi connectivity index (χ2n) is 5.10. The Kier molecular flexibility index (Phi) is 5.95. The molecule has 0 saturated heterocycles. The highest BCUT2D eigenvalue weighted by molar-refractivity contribution is 5.78. The summed E-state index contributed by atoms with van der Waals surface area (Å²) in [5.74, 6) is -0.638. The van der Waals surface area contributed by atoms with Gasteiger partial charge in [0.1, 0.15) is 17.1 Å². The molecule has 0 aliphatic rings. The summed E-state index contributed by atoms with van der Waals surface area (Å²) < 4.78 is 18.6. The lowest BCUT2D eigenvalue weighted by Crippen LogP contribution is -2.47. The van der Waals surface area contributed by atoms with Crippen molar-refractivity contribution < 1.29 is 19.0 Å². The van der Waals surface area contributed by atoms with Crippen molar-refractivity contribution in [3.8, 4) is 5.75 Å². The summed E-state index contributed by atoms with van der Waals surface area (Å²) in [7, 11) is 1.64. The van der Waals surface area contributed by atoms with Gasteiger partial charge >= 0.3 is 5.97 Å². The Morgan fingerprint density at radius 3 is 2.75 bits per heavy atom. The van der Waals surface area contributed by atoms with E-state index >= 15 is 0 Å². The van der Waals surface area contributed by atoms with Crippen LogP contribution in [0.4, 0.5) is 4.39 Å². The summed E-state index contributed by atoms with van der Waals surface area (Å²) in [5, 5.41) is 11.9. The molecule has 0 saturated carbocycles. The minimum absolute atomic E-state index is 0.320. The van der Waals surface area contributed by atoms with Crippen LogP contribution in [0.5, 0.6) is 5.75 Å². The fraction of sp³-hybridized carbons (Fsp3) is 0.533. The molecule has 112 valence electrons. The maximum Gasteiger partial charge on any atom is 0.323 e. The van der Waals surface area contributed by atoms with E-state index in [-0.39, 0.29) is 5.82 Å². The Morgan fingerprint density at radius 1 is 1.45 bits per heavy atom.